The molecule has 28 heavy (non-hydrogen) atoms. The number of phenols is 1. The van der Waals surface area contributed by atoms with Crippen molar-refractivity contribution in [3.63, 3.8) is 0 Å². The third kappa shape index (κ3) is 2.87. The molecular weight excluding hydrogens is 370 g/mol. The van der Waals surface area contributed by atoms with Crippen molar-refractivity contribution in [3.8, 4) is 5.75 Å². The molecule has 0 aliphatic carbocycles. The van der Waals surface area contributed by atoms with Gasteiger partial charge in [0.15, 0.2) is 0 Å². The lowest BCUT2D eigenvalue weighted by molar-refractivity contribution is 0.0600. The normalized spacial score (nSPS) is 13.5. The molecule has 0 saturated heterocycles. The van der Waals surface area contributed by atoms with Crippen LogP contribution in [0, 0.1) is 11.6 Å². The zero-order valence-corrected chi connectivity index (χ0v) is 14.9. The number of amides is 1. The first kappa shape index (κ1) is 18.0. The number of rotatable bonds is 2. The van der Waals surface area contributed by atoms with Gasteiger partial charge in [0, 0.05) is 53.8 Å². The molecule has 1 aliphatic rings. The first-order valence-electron chi connectivity index (χ1n) is 8.58. The van der Waals surface area contributed by atoms with E-state index in [2.05, 4.69) is 4.98 Å². The number of carbonyl (C=O) groups is 2. The van der Waals surface area contributed by atoms with Gasteiger partial charge in [0.2, 0.25) is 0 Å². The number of ether oxygens (including phenoxy) is 1. The zero-order chi connectivity index (χ0) is 20.0. The Balaban J connectivity index is 1.71. The van der Waals surface area contributed by atoms with Crippen molar-refractivity contribution >= 4 is 22.8 Å². The highest BCUT2D eigenvalue weighted by Gasteiger charge is 2.29. The molecule has 2 heterocycles. The number of H-pyrrole nitrogens is 1. The third-order valence-electron chi connectivity index (χ3n) is 4.93. The molecule has 0 bridgehead atoms. The predicted octanol–water partition coefficient (Wildman–Crippen LogP) is 3.14. The van der Waals surface area contributed by atoms with Crippen LogP contribution in [0.1, 0.15) is 32.0 Å². The molecule has 1 aliphatic heterocycles. The highest BCUT2D eigenvalue weighted by molar-refractivity contribution is 5.99. The van der Waals surface area contributed by atoms with Crippen LogP contribution in [0.25, 0.3) is 10.9 Å². The Morgan fingerprint density at radius 2 is 2.00 bits per heavy atom. The van der Waals surface area contributed by atoms with Crippen molar-refractivity contribution in [3.05, 3.63) is 64.4 Å². The van der Waals surface area contributed by atoms with Crippen LogP contribution in [0.5, 0.6) is 5.75 Å². The summed E-state index contributed by atoms with van der Waals surface area (Å²) < 4.78 is 32.0. The number of methoxy groups -OCH3 is 1. The standard InChI is InChI=1S/C20H16F2N2O4/c1-28-20(27)10-2-3-15-12(6-10)13-9-24(5-4-16(13)23-15)19(26)18-14(22)7-11(21)8-17(18)25/h2-3,6-8,23,25H,4-5,9H2,1H3. The first-order valence-corrected chi connectivity index (χ1v) is 8.58. The molecule has 0 spiro atoms. The molecule has 2 aromatic carbocycles. The van der Waals surface area contributed by atoms with Gasteiger partial charge in [0.1, 0.15) is 22.9 Å². The number of esters is 1. The summed E-state index contributed by atoms with van der Waals surface area (Å²) in [5.41, 5.74) is 2.36. The van der Waals surface area contributed by atoms with Crippen molar-refractivity contribution in [2.45, 2.75) is 13.0 Å². The Morgan fingerprint density at radius 3 is 2.71 bits per heavy atom. The van der Waals surface area contributed by atoms with E-state index < -0.39 is 34.8 Å². The molecule has 6 nitrogen and oxygen atoms in total. The average molecular weight is 386 g/mol. The Morgan fingerprint density at radius 1 is 1.21 bits per heavy atom. The zero-order valence-electron chi connectivity index (χ0n) is 14.9. The molecule has 3 aromatic rings. The molecule has 0 radical (unpaired) electrons. The van der Waals surface area contributed by atoms with Crippen molar-refractivity contribution in [1.29, 1.82) is 0 Å². The number of phenolic OH excluding ortho intramolecular Hbond substituents is 1. The highest BCUT2D eigenvalue weighted by Crippen LogP contribution is 2.31. The topological polar surface area (TPSA) is 82.6 Å². The van der Waals surface area contributed by atoms with Gasteiger partial charge in [-0.3, -0.25) is 4.79 Å². The molecule has 0 fully saturated rings. The molecule has 4 rings (SSSR count). The molecule has 2 N–H and O–H groups in total. The van der Waals surface area contributed by atoms with Gasteiger partial charge in [0.25, 0.3) is 5.91 Å². The van der Waals surface area contributed by atoms with E-state index in [-0.39, 0.29) is 6.54 Å². The summed E-state index contributed by atoms with van der Waals surface area (Å²) in [6.07, 6.45) is 0.493. The van der Waals surface area contributed by atoms with E-state index in [4.69, 9.17) is 4.74 Å². The number of aromatic hydroxyl groups is 1. The van der Waals surface area contributed by atoms with Gasteiger partial charge in [-0.25, -0.2) is 13.6 Å². The molecule has 1 aromatic heterocycles. The number of benzene rings is 2. The molecule has 1 amide bonds. The van der Waals surface area contributed by atoms with Crippen molar-refractivity contribution in [1.82, 2.24) is 9.88 Å². The van der Waals surface area contributed by atoms with Gasteiger partial charge in [-0.15, -0.1) is 0 Å². The second-order valence-electron chi connectivity index (χ2n) is 6.59. The number of aromatic amines is 1. The maximum Gasteiger partial charge on any atom is 0.337 e. The van der Waals surface area contributed by atoms with Gasteiger partial charge in [-0.2, -0.15) is 0 Å². The fraction of sp³-hybridized carbons (Fsp3) is 0.200. The monoisotopic (exact) mass is 386 g/mol. The molecule has 0 saturated carbocycles. The van der Waals surface area contributed by atoms with Crippen molar-refractivity contribution in [2.24, 2.45) is 0 Å². The summed E-state index contributed by atoms with van der Waals surface area (Å²) >= 11 is 0. The van der Waals surface area contributed by atoms with Gasteiger partial charge in [-0.05, 0) is 18.2 Å². The van der Waals surface area contributed by atoms with E-state index in [0.29, 0.717) is 30.7 Å². The Hall–Kier alpha value is -3.42. The minimum absolute atomic E-state index is 0.162. The quantitative estimate of drug-likeness (QED) is 0.663. The summed E-state index contributed by atoms with van der Waals surface area (Å²) in [7, 11) is 1.29. The number of hydrogen-bond acceptors (Lipinski definition) is 4. The van der Waals surface area contributed by atoms with E-state index in [1.54, 1.807) is 18.2 Å². The molecule has 0 unspecified atom stereocenters. The maximum absolute atomic E-state index is 14.1. The number of halogens is 2. The summed E-state index contributed by atoms with van der Waals surface area (Å²) in [6, 6.07) is 6.36. The smallest absolute Gasteiger partial charge is 0.337 e. The first-order chi connectivity index (χ1) is 13.4. The fourth-order valence-electron chi connectivity index (χ4n) is 3.56. The minimum atomic E-state index is -1.11. The second kappa shape index (κ2) is 6.63. The van der Waals surface area contributed by atoms with Gasteiger partial charge < -0.3 is 19.7 Å². The Kier molecular flexibility index (Phi) is 4.26. The molecular formula is C20H16F2N2O4. The lowest BCUT2D eigenvalue weighted by Crippen LogP contribution is -2.36. The van der Waals surface area contributed by atoms with Crippen LogP contribution in [0.2, 0.25) is 0 Å². The summed E-state index contributed by atoms with van der Waals surface area (Å²) in [5.74, 6) is -4.00. The average Bonchev–Trinajstić information content (AvgIpc) is 3.03. The number of hydrogen-bond donors (Lipinski definition) is 2. The summed E-state index contributed by atoms with van der Waals surface area (Å²) in [4.78, 5) is 29.2. The largest absolute Gasteiger partial charge is 0.507 e. The van der Waals surface area contributed by atoms with Crippen LogP contribution < -0.4 is 0 Å². The number of nitrogens with zero attached hydrogens (tertiary/aromatic N) is 1. The van der Waals surface area contributed by atoms with Crippen LogP contribution in [-0.2, 0) is 17.7 Å². The maximum atomic E-state index is 14.1. The van der Waals surface area contributed by atoms with Gasteiger partial charge in [-0.1, -0.05) is 0 Å². The van der Waals surface area contributed by atoms with Gasteiger partial charge >= 0.3 is 5.97 Å². The van der Waals surface area contributed by atoms with Crippen LogP contribution >= 0.6 is 0 Å². The van der Waals surface area contributed by atoms with Crippen molar-refractivity contribution in [2.75, 3.05) is 13.7 Å². The summed E-state index contributed by atoms with van der Waals surface area (Å²) in [5, 5.41) is 10.6. The van der Waals surface area contributed by atoms with E-state index in [1.807, 2.05) is 0 Å². The lowest BCUT2D eigenvalue weighted by Gasteiger charge is -2.27. The van der Waals surface area contributed by atoms with Crippen LogP contribution in [0.4, 0.5) is 8.78 Å². The Labute approximate surface area is 158 Å². The Bertz CT molecular complexity index is 1100. The second-order valence-corrected chi connectivity index (χ2v) is 6.59. The number of carbonyl (C=O) groups excluding carboxylic acids is 2. The molecule has 0 atom stereocenters. The van der Waals surface area contributed by atoms with E-state index in [0.717, 1.165) is 22.2 Å². The number of aromatic nitrogens is 1. The predicted molar refractivity (Wildman–Crippen MR) is 96.1 cm³/mol. The lowest BCUT2D eigenvalue weighted by atomic mass is 10.0. The third-order valence-corrected chi connectivity index (χ3v) is 4.93. The van der Waals surface area contributed by atoms with Gasteiger partial charge in [0.05, 0.1) is 12.7 Å². The minimum Gasteiger partial charge on any atom is -0.507 e. The fourth-order valence-corrected chi connectivity index (χ4v) is 3.56. The highest BCUT2D eigenvalue weighted by atomic mass is 19.1. The molecule has 8 heteroatoms. The van der Waals surface area contributed by atoms with Crippen LogP contribution in [0.3, 0.4) is 0 Å². The van der Waals surface area contributed by atoms with E-state index in [9.17, 15) is 23.5 Å². The molecule has 144 valence electrons. The van der Waals surface area contributed by atoms with Crippen molar-refractivity contribution < 1.29 is 28.2 Å². The van der Waals surface area contributed by atoms with Crippen LogP contribution in [-0.4, -0.2) is 40.5 Å². The van der Waals surface area contributed by atoms with E-state index >= 15 is 0 Å². The summed E-state index contributed by atoms with van der Waals surface area (Å²) in [6.45, 7) is 0.466. The van der Waals surface area contributed by atoms with Crippen LogP contribution in [0.15, 0.2) is 30.3 Å². The number of nitrogens with one attached hydrogen (secondary N) is 1. The van der Waals surface area contributed by atoms with E-state index in [1.165, 1.54) is 12.0 Å². The SMILES string of the molecule is COC(=O)c1ccc2[nH]c3c(c2c1)CN(C(=O)c1c(O)cc(F)cc1F)CC3. The number of fused-ring (bicyclic) bond motifs is 3.